The van der Waals surface area contributed by atoms with Gasteiger partial charge in [-0.2, -0.15) is 0 Å². The Bertz CT molecular complexity index is 1260. The second-order valence-electron chi connectivity index (χ2n) is 6.92. The van der Waals surface area contributed by atoms with Gasteiger partial charge in [0, 0.05) is 0 Å². The highest BCUT2D eigenvalue weighted by Crippen LogP contribution is 2.31. The molecule has 4 rings (SSSR count). The van der Waals surface area contributed by atoms with Crippen molar-refractivity contribution in [2.45, 2.75) is 16.7 Å². The van der Waals surface area contributed by atoms with Crippen molar-refractivity contribution in [1.82, 2.24) is 0 Å². The van der Waals surface area contributed by atoms with Crippen LogP contribution in [0.25, 0.3) is 11.1 Å². The molecule has 0 aliphatic rings. The molecule has 1 N–H and O–H groups in total. The van der Waals surface area contributed by atoms with Gasteiger partial charge in [-0.25, -0.2) is 8.42 Å². The first-order chi connectivity index (χ1) is 14.4. The van der Waals surface area contributed by atoms with E-state index in [-0.39, 0.29) is 15.5 Å². The fourth-order valence-electron chi connectivity index (χ4n) is 3.15. The molecule has 0 fully saturated rings. The zero-order valence-electron chi connectivity index (χ0n) is 16.3. The first-order valence-corrected chi connectivity index (χ1v) is 10.9. The zero-order valence-corrected chi connectivity index (χ0v) is 17.1. The molecule has 4 aromatic carbocycles. The summed E-state index contributed by atoms with van der Waals surface area (Å²) < 4.78 is 31.3. The average molecular weight is 416 g/mol. The number of benzene rings is 4. The molecule has 0 amide bonds. The van der Waals surface area contributed by atoms with Crippen molar-refractivity contribution >= 4 is 9.84 Å². The van der Waals surface area contributed by atoms with Gasteiger partial charge in [-0.05, 0) is 84.3 Å². The van der Waals surface area contributed by atoms with E-state index in [1.54, 1.807) is 66.7 Å². The largest absolute Gasteiger partial charge is 0.508 e. The Morgan fingerprint density at radius 1 is 0.700 bits per heavy atom. The molecule has 0 saturated heterocycles. The Balaban J connectivity index is 1.54. The van der Waals surface area contributed by atoms with Crippen LogP contribution in [0.2, 0.25) is 0 Å². The van der Waals surface area contributed by atoms with Gasteiger partial charge in [0.15, 0.2) is 0 Å². The first-order valence-electron chi connectivity index (χ1n) is 9.41. The number of hydrogen-bond donors (Lipinski definition) is 1. The second-order valence-corrected chi connectivity index (χ2v) is 8.87. The summed E-state index contributed by atoms with van der Waals surface area (Å²) in [5, 5.41) is 9.44. The van der Waals surface area contributed by atoms with Gasteiger partial charge in [0.25, 0.3) is 0 Å². The first kappa shape index (κ1) is 19.7. The Morgan fingerprint density at radius 2 is 1.30 bits per heavy atom. The molecule has 30 heavy (non-hydrogen) atoms. The number of aryl methyl sites for hydroxylation is 1. The third kappa shape index (κ3) is 4.07. The van der Waals surface area contributed by atoms with Gasteiger partial charge < -0.3 is 9.84 Å². The van der Waals surface area contributed by atoms with E-state index in [1.807, 2.05) is 37.3 Å². The smallest absolute Gasteiger partial charge is 0.206 e. The molecule has 4 aromatic rings. The lowest BCUT2D eigenvalue weighted by Crippen LogP contribution is -2.01. The van der Waals surface area contributed by atoms with Gasteiger partial charge in [0.2, 0.25) is 9.84 Å². The summed E-state index contributed by atoms with van der Waals surface area (Å²) in [6.07, 6.45) is 0. The molecule has 4 nitrogen and oxygen atoms in total. The van der Waals surface area contributed by atoms with Crippen LogP contribution in [0.1, 0.15) is 5.56 Å². The summed E-state index contributed by atoms with van der Waals surface area (Å²) in [6.45, 7) is 1.95. The summed E-state index contributed by atoms with van der Waals surface area (Å²) in [7, 11) is -3.55. The van der Waals surface area contributed by atoms with Gasteiger partial charge in [-0.3, -0.25) is 0 Å². The van der Waals surface area contributed by atoms with Crippen LogP contribution in [0.15, 0.2) is 107 Å². The van der Waals surface area contributed by atoms with Gasteiger partial charge in [-0.15, -0.1) is 0 Å². The number of sulfone groups is 1. The minimum Gasteiger partial charge on any atom is -0.508 e. The highest BCUT2D eigenvalue weighted by atomic mass is 32.2. The fraction of sp³-hybridized carbons (Fsp3) is 0.0400. The third-order valence-electron chi connectivity index (χ3n) is 4.79. The minimum absolute atomic E-state index is 0.223. The number of hydrogen-bond acceptors (Lipinski definition) is 4. The minimum atomic E-state index is -3.55. The number of aromatic hydroxyl groups is 1. The molecule has 0 bridgehead atoms. The van der Waals surface area contributed by atoms with E-state index in [2.05, 4.69) is 0 Å². The number of phenolic OH excluding ortho intramolecular Hbond substituents is 1. The summed E-state index contributed by atoms with van der Waals surface area (Å²) in [6, 6.07) is 27.6. The van der Waals surface area contributed by atoms with Crippen molar-refractivity contribution in [3.63, 3.8) is 0 Å². The van der Waals surface area contributed by atoms with Gasteiger partial charge in [0.05, 0.1) is 9.79 Å². The summed E-state index contributed by atoms with van der Waals surface area (Å²) in [5.41, 5.74) is 2.96. The monoisotopic (exact) mass is 416 g/mol. The molecule has 0 unspecified atom stereocenters. The Labute approximate surface area is 176 Å². The van der Waals surface area contributed by atoms with E-state index in [4.69, 9.17) is 4.74 Å². The van der Waals surface area contributed by atoms with Crippen molar-refractivity contribution < 1.29 is 18.3 Å². The Morgan fingerprint density at radius 3 is 1.93 bits per heavy atom. The molecule has 0 spiro atoms. The molecule has 0 aromatic heterocycles. The van der Waals surface area contributed by atoms with Crippen LogP contribution < -0.4 is 4.74 Å². The van der Waals surface area contributed by atoms with Crippen LogP contribution in [0.5, 0.6) is 17.2 Å². The zero-order chi connectivity index (χ0) is 21.1. The van der Waals surface area contributed by atoms with E-state index in [0.717, 1.165) is 16.7 Å². The maximum Gasteiger partial charge on any atom is 0.206 e. The standard InChI is InChI=1S/C25H20O4S/c1-18-17-20(19-7-10-21(26)11-8-19)9-16-25(18)29-22-12-14-24(15-13-22)30(27,28)23-5-3-2-4-6-23/h2-17,26H,1H3. The molecule has 0 radical (unpaired) electrons. The van der Waals surface area contributed by atoms with E-state index in [9.17, 15) is 13.5 Å². The number of rotatable bonds is 5. The van der Waals surface area contributed by atoms with Crippen molar-refractivity contribution in [1.29, 1.82) is 0 Å². The molecule has 150 valence electrons. The predicted molar refractivity (Wildman–Crippen MR) is 117 cm³/mol. The molecule has 0 heterocycles. The van der Waals surface area contributed by atoms with Crippen molar-refractivity contribution in [2.24, 2.45) is 0 Å². The van der Waals surface area contributed by atoms with Crippen molar-refractivity contribution in [2.75, 3.05) is 0 Å². The third-order valence-corrected chi connectivity index (χ3v) is 6.58. The van der Waals surface area contributed by atoms with Crippen molar-refractivity contribution in [3.05, 3.63) is 103 Å². The number of ether oxygens (including phenoxy) is 1. The van der Waals surface area contributed by atoms with E-state index in [1.165, 1.54) is 0 Å². The van der Waals surface area contributed by atoms with Crippen LogP contribution in [0.3, 0.4) is 0 Å². The van der Waals surface area contributed by atoms with E-state index in [0.29, 0.717) is 11.5 Å². The van der Waals surface area contributed by atoms with Crippen LogP contribution in [-0.4, -0.2) is 13.5 Å². The van der Waals surface area contributed by atoms with Crippen molar-refractivity contribution in [3.8, 4) is 28.4 Å². The van der Waals surface area contributed by atoms with Crippen LogP contribution in [0, 0.1) is 6.92 Å². The molecular weight excluding hydrogens is 396 g/mol. The van der Waals surface area contributed by atoms with Crippen LogP contribution in [0.4, 0.5) is 0 Å². The summed E-state index contributed by atoms with van der Waals surface area (Å²) >= 11 is 0. The Hall–Kier alpha value is -3.57. The van der Waals surface area contributed by atoms with Gasteiger partial charge in [-0.1, -0.05) is 36.4 Å². The van der Waals surface area contributed by atoms with Crippen LogP contribution >= 0.6 is 0 Å². The summed E-state index contributed by atoms with van der Waals surface area (Å²) in [5.74, 6) is 1.48. The lowest BCUT2D eigenvalue weighted by atomic mass is 10.0. The van der Waals surface area contributed by atoms with Gasteiger partial charge in [0.1, 0.15) is 17.2 Å². The highest BCUT2D eigenvalue weighted by Gasteiger charge is 2.17. The van der Waals surface area contributed by atoms with E-state index < -0.39 is 9.84 Å². The molecular formula is C25H20O4S. The molecule has 5 heteroatoms. The molecule has 0 aliphatic carbocycles. The maximum atomic E-state index is 12.7. The lowest BCUT2D eigenvalue weighted by Gasteiger charge is -2.11. The van der Waals surface area contributed by atoms with Gasteiger partial charge >= 0.3 is 0 Å². The second kappa shape index (κ2) is 8.05. The molecule has 0 atom stereocenters. The van der Waals surface area contributed by atoms with E-state index >= 15 is 0 Å². The normalized spacial score (nSPS) is 11.2. The van der Waals surface area contributed by atoms with Crippen LogP contribution in [-0.2, 0) is 9.84 Å². The lowest BCUT2D eigenvalue weighted by molar-refractivity contribution is 0.475. The predicted octanol–water partition coefficient (Wildman–Crippen LogP) is 5.99. The topological polar surface area (TPSA) is 63.6 Å². The fourth-order valence-corrected chi connectivity index (χ4v) is 4.43. The number of phenols is 1. The maximum absolute atomic E-state index is 12.7. The average Bonchev–Trinajstić information content (AvgIpc) is 2.77. The molecule has 0 aliphatic heterocycles. The molecule has 0 saturated carbocycles. The SMILES string of the molecule is Cc1cc(-c2ccc(O)cc2)ccc1Oc1ccc(S(=O)(=O)c2ccccc2)cc1. The summed E-state index contributed by atoms with van der Waals surface area (Å²) in [4.78, 5) is 0.486. The quantitative estimate of drug-likeness (QED) is 0.434. The highest BCUT2D eigenvalue weighted by molar-refractivity contribution is 7.91. The Kier molecular flexibility index (Phi) is 5.29.